The zero-order valence-electron chi connectivity index (χ0n) is 10.4. The van der Waals surface area contributed by atoms with Crippen molar-refractivity contribution in [2.75, 3.05) is 11.9 Å². The van der Waals surface area contributed by atoms with Crippen LogP contribution in [0, 0.1) is 0 Å². The molecular formula is C14H15N3O2. The summed E-state index contributed by atoms with van der Waals surface area (Å²) in [7, 11) is 0. The van der Waals surface area contributed by atoms with Crippen LogP contribution in [-0.2, 0) is 17.6 Å². The van der Waals surface area contributed by atoms with Crippen molar-refractivity contribution in [1.82, 2.24) is 9.97 Å². The lowest BCUT2D eigenvalue weighted by Gasteiger charge is -2.06. The Labute approximate surface area is 111 Å². The van der Waals surface area contributed by atoms with Crippen LogP contribution in [0.1, 0.15) is 11.3 Å². The number of carbonyl (C=O) groups is 1. The normalized spacial score (nSPS) is 10.1. The molecule has 0 atom stereocenters. The third kappa shape index (κ3) is 4.39. The third-order valence-electron chi connectivity index (χ3n) is 2.62. The minimum atomic E-state index is -0.895. The van der Waals surface area contributed by atoms with Crippen molar-refractivity contribution in [3.05, 3.63) is 54.0 Å². The first-order chi connectivity index (χ1) is 9.24. The SMILES string of the molecule is O=C(O)Cc1cc(NCCc2ccccc2)ncn1. The zero-order chi connectivity index (χ0) is 13.5. The Balaban J connectivity index is 1.87. The summed E-state index contributed by atoms with van der Waals surface area (Å²) < 4.78 is 0. The summed E-state index contributed by atoms with van der Waals surface area (Å²) in [5.41, 5.74) is 1.75. The summed E-state index contributed by atoms with van der Waals surface area (Å²) in [5, 5.41) is 11.9. The van der Waals surface area contributed by atoms with E-state index in [2.05, 4.69) is 27.4 Å². The number of carboxylic acid groups (broad SMARTS) is 1. The lowest BCUT2D eigenvalue weighted by molar-refractivity contribution is -0.136. The van der Waals surface area contributed by atoms with Gasteiger partial charge in [0.1, 0.15) is 12.1 Å². The van der Waals surface area contributed by atoms with E-state index in [0.717, 1.165) is 13.0 Å². The van der Waals surface area contributed by atoms with E-state index in [1.165, 1.54) is 11.9 Å². The molecule has 0 amide bonds. The Bertz CT molecular complexity index is 543. The van der Waals surface area contributed by atoms with E-state index >= 15 is 0 Å². The highest BCUT2D eigenvalue weighted by atomic mass is 16.4. The fourth-order valence-electron chi connectivity index (χ4n) is 1.73. The van der Waals surface area contributed by atoms with Crippen molar-refractivity contribution in [1.29, 1.82) is 0 Å². The molecule has 5 heteroatoms. The van der Waals surface area contributed by atoms with Crippen LogP contribution in [0.2, 0.25) is 0 Å². The quantitative estimate of drug-likeness (QED) is 0.824. The highest BCUT2D eigenvalue weighted by Crippen LogP contribution is 2.06. The van der Waals surface area contributed by atoms with Gasteiger partial charge in [-0.15, -0.1) is 0 Å². The first-order valence-corrected chi connectivity index (χ1v) is 6.04. The molecule has 2 aromatic rings. The van der Waals surface area contributed by atoms with Crippen molar-refractivity contribution in [3.63, 3.8) is 0 Å². The van der Waals surface area contributed by atoms with Crippen LogP contribution in [0.25, 0.3) is 0 Å². The number of nitrogens with one attached hydrogen (secondary N) is 1. The summed E-state index contributed by atoms with van der Waals surface area (Å²) in [5.74, 6) is -0.240. The molecule has 0 radical (unpaired) electrons. The van der Waals surface area contributed by atoms with Crippen LogP contribution in [0.4, 0.5) is 5.82 Å². The number of anilines is 1. The summed E-state index contributed by atoms with van der Waals surface area (Å²) in [6.45, 7) is 0.744. The van der Waals surface area contributed by atoms with E-state index in [9.17, 15) is 4.79 Å². The van der Waals surface area contributed by atoms with Gasteiger partial charge in [0, 0.05) is 12.6 Å². The van der Waals surface area contributed by atoms with E-state index in [0.29, 0.717) is 11.5 Å². The number of rotatable bonds is 6. The van der Waals surface area contributed by atoms with E-state index < -0.39 is 5.97 Å². The molecular weight excluding hydrogens is 242 g/mol. The molecule has 0 unspecified atom stereocenters. The lowest BCUT2D eigenvalue weighted by atomic mass is 10.1. The smallest absolute Gasteiger partial charge is 0.309 e. The molecule has 1 aromatic carbocycles. The van der Waals surface area contributed by atoms with Crippen LogP contribution in [0.15, 0.2) is 42.7 Å². The Morgan fingerprint density at radius 2 is 2.00 bits per heavy atom. The van der Waals surface area contributed by atoms with Gasteiger partial charge >= 0.3 is 5.97 Å². The lowest BCUT2D eigenvalue weighted by Crippen LogP contribution is -2.08. The van der Waals surface area contributed by atoms with Gasteiger partial charge < -0.3 is 10.4 Å². The molecule has 1 heterocycles. The molecule has 1 aromatic heterocycles. The van der Waals surface area contributed by atoms with Crippen LogP contribution < -0.4 is 5.32 Å². The topological polar surface area (TPSA) is 75.1 Å². The molecule has 5 nitrogen and oxygen atoms in total. The highest BCUT2D eigenvalue weighted by Gasteiger charge is 2.03. The molecule has 0 bridgehead atoms. The predicted octanol–water partition coefficient (Wildman–Crippen LogP) is 1.76. The van der Waals surface area contributed by atoms with Gasteiger partial charge in [0.25, 0.3) is 0 Å². The van der Waals surface area contributed by atoms with E-state index in [1.807, 2.05) is 18.2 Å². The van der Waals surface area contributed by atoms with Crippen LogP contribution in [0.3, 0.4) is 0 Å². The number of aromatic nitrogens is 2. The molecule has 0 saturated carbocycles. The van der Waals surface area contributed by atoms with Gasteiger partial charge in [-0.25, -0.2) is 9.97 Å². The maximum Gasteiger partial charge on any atom is 0.309 e. The molecule has 2 N–H and O–H groups in total. The Morgan fingerprint density at radius 3 is 2.74 bits per heavy atom. The van der Waals surface area contributed by atoms with E-state index in [4.69, 9.17) is 5.11 Å². The number of nitrogens with zero attached hydrogens (tertiary/aromatic N) is 2. The van der Waals surface area contributed by atoms with Gasteiger partial charge in [0.05, 0.1) is 12.1 Å². The standard InChI is InChI=1S/C14H15N3O2/c18-14(19)9-12-8-13(17-10-16-12)15-7-6-11-4-2-1-3-5-11/h1-5,8,10H,6-7,9H2,(H,18,19)(H,15,16,17). The molecule has 0 fully saturated rings. The fourth-order valence-corrected chi connectivity index (χ4v) is 1.73. The van der Waals surface area contributed by atoms with Crippen molar-refractivity contribution < 1.29 is 9.90 Å². The van der Waals surface area contributed by atoms with Crippen LogP contribution >= 0.6 is 0 Å². The fraction of sp³-hybridized carbons (Fsp3) is 0.214. The molecule has 19 heavy (non-hydrogen) atoms. The zero-order valence-corrected chi connectivity index (χ0v) is 10.4. The van der Waals surface area contributed by atoms with Crippen molar-refractivity contribution >= 4 is 11.8 Å². The Morgan fingerprint density at radius 1 is 1.21 bits per heavy atom. The van der Waals surface area contributed by atoms with Gasteiger partial charge in [-0.1, -0.05) is 30.3 Å². The number of carboxylic acids is 1. The first-order valence-electron chi connectivity index (χ1n) is 6.04. The van der Waals surface area contributed by atoms with Crippen molar-refractivity contribution in [2.45, 2.75) is 12.8 Å². The minimum absolute atomic E-state index is 0.0874. The summed E-state index contributed by atoms with van der Waals surface area (Å²) in [6.07, 6.45) is 2.18. The number of benzene rings is 1. The monoisotopic (exact) mass is 257 g/mol. The van der Waals surface area contributed by atoms with Crippen LogP contribution in [0.5, 0.6) is 0 Å². The summed E-state index contributed by atoms with van der Waals surface area (Å²) in [6, 6.07) is 11.8. The largest absolute Gasteiger partial charge is 0.481 e. The van der Waals surface area contributed by atoms with Gasteiger partial charge in [-0.2, -0.15) is 0 Å². The Kier molecular flexibility index (Phi) is 4.44. The predicted molar refractivity (Wildman–Crippen MR) is 72.0 cm³/mol. The van der Waals surface area contributed by atoms with E-state index in [1.54, 1.807) is 6.07 Å². The highest BCUT2D eigenvalue weighted by molar-refractivity contribution is 5.69. The first kappa shape index (κ1) is 13.0. The average Bonchev–Trinajstić information content (AvgIpc) is 2.40. The van der Waals surface area contributed by atoms with Crippen LogP contribution in [-0.4, -0.2) is 27.6 Å². The van der Waals surface area contributed by atoms with Crippen molar-refractivity contribution in [2.24, 2.45) is 0 Å². The molecule has 2 rings (SSSR count). The van der Waals surface area contributed by atoms with Crippen molar-refractivity contribution in [3.8, 4) is 0 Å². The van der Waals surface area contributed by atoms with E-state index in [-0.39, 0.29) is 6.42 Å². The van der Waals surface area contributed by atoms with Gasteiger partial charge in [0.2, 0.25) is 0 Å². The maximum atomic E-state index is 10.6. The number of hydrogen-bond donors (Lipinski definition) is 2. The van der Waals surface area contributed by atoms with Gasteiger partial charge in [0.15, 0.2) is 0 Å². The molecule has 98 valence electrons. The summed E-state index contributed by atoms with van der Waals surface area (Å²) >= 11 is 0. The van der Waals surface area contributed by atoms with Gasteiger partial charge in [-0.3, -0.25) is 4.79 Å². The van der Waals surface area contributed by atoms with Gasteiger partial charge in [-0.05, 0) is 12.0 Å². The second-order valence-corrected chi connectivity index (χ2v) is 4.13. The molecule has 0 saturated heterocycles. The average molecular weight is 257 g/mol. The molecule has 0 spiro atoms. The number of hydrogen-bond acceptors (Lipinski definition) is 4. The number of aliphatic carboxylic acids is 1. The Hall–Kier alpha value is -2.43. The molecule has 0 aliphatic carbocycles. The third-order valence-corrected chi connectivity index (χ3v) is 2.62. The maximum absolute atomic E-state index is 10.6. The molecule has 0 aliphatic rings. The minimum Gasteiger partial charge on any atom is -0.481 e. The second kappa shape index (κ2) is 6.49. The summed E-state index contributed by atoms with van der Waals surface area (Å²) in [4.78, 5) is 18.6. The molecule has 0 aliphatic heterocycles. The second-order valence-electron chi connectivity index (χ2n) is 4.13.